The summed E-state index contributed by atoms with van der Waals surface area (Å²) in [5.74, 6) is 0.270. The summed E-state index contributed by atoms with van der Waals surface area (Å²) in [6.07, 6.45) is 0. The smallest absolute Gasteiger partial charge is 0.330 e. The first-order valence-electron chi connectivity index (χ1n) is 5.19. The van der Waals surface area contributed by atoms with Crippen LogP contribution in [0.4, 0.5) is 5.69 Å². The maximum atomic E-state index is 11.4. The first-order chi connectivity index (χ1) is 8.13. The summed E-state index contributed by atoms with van der Waals surface area (Å²) >= 11 is 0. The molecule has 0 aliphatic rings. The number of aliphatic hydroxyl groups is 1. The lowest BCUT2D eigenvalue weighted by Gasteiger charge is -2.26. The van der Waals surface area contributed by atoms with Crippen molar-refractivity contribution in [2.24, 2.45) is 0 Å². The Morgan fingerprint density at radius 3 is 2.35 bits per heavy atom. The Bertz CT molecular complexity index is 363. The van der Waals surface area contributed by atoms with Crippen LogP contribution in [-0.2, 0) is 9.53 Å². The first kappa shape index (κ1) is 13.3. The molecule has 1 rings (SSSR count). The van der Waals surface area contributed by atoms with Crippen molar-refractivity contribution >= 4 is 11.7 Å². The van der Waals surface area contributed by atoms with Crippen molar-refractivity contribution in [3.63, 3.8) is 0 Å². The van der Waals surface area contributed by atoms with Gasteiger partial charge in [0.25, 0.3) is 0 Å². The fraction of sp³-hybridized carbons (Fsp3) is 0.417. The van der Waals surface area contributed by atoms with Crippen LogP contribution in [0.25, 0.3) is 0 Å². The van der Waals surface area contributed by atoms with E-state index in [1.54, 1.807) is 31.2 Å². The highest BCUT2D eigenvalue weighted by atomic mass is 16.5. The van der Waals surface area contributed by atoms with Crippen LogP contribution in [0.5, 0.6) is 5.75 Å². The van der Waals surface area contributed by atoms with E-state index in [1.807, 2.05) is 12.1 Å². The third kappa shape index (κ3) is 3.10. The van der Waals surface area contributed by atoms with E-state index in [0.717, 1.165) is 11.4 Å². The molecule has 1 atom stereocenters. The number of carbonyl (C=O) groups excluding carboxylic acids is 1. The number of carbonyl (C=O) groups is 1. The highest BCUT2D eigenvalue weighted by Gasteiger charge is 2.23. The molecule has 17 heavy (non-hydrogen) atoms. The number of hydrogen-bond donors (Lipinski definition) is 1. The van der Waals surface area contributed by atoms with E-state index in [4.69, 9.17) is 4.74 Å². The van der Waals surface area contributed by atoms with E-state index < -0.39 is 12.0 Å². The minimum absolute atomic E-state index is 0.296. The van der Waals surface area contributed by atoms with Gasteiger partial charge in [-0.3, -0.25) is 0 Å². The molecule has 0 aromatic heterocycles. The molecule has 5 nitrogen and oxygen atoms in total. The number of ether oxygens (including phenoxy) is 2. The molecule has 0 radical (unpaired) electrons. The van der Waals surface area contributed by atoms with Gasteiger partial charge in [-0.25, -0.2) is 4.79 Å². The Hall–Kier alpha value is -1.75. The molecule has 0 saturated heterocycles. The van der Waals surface area contributed by atoms with Crippen LogP contribution >= 0.6 is 0 Å². The molecule has 0 spiro atoms. The van der Waals surface area contributed by atoms with E-state index in [0.29, 0.717) is 0 Å². The molecule has 0 bridgehead atoms. The predicted octanol–water partition coefficient (Wildman–Crippen LogP) is 0.665. The Kier molecular flexibility index (Phi) is 4.78. The molecule has 0 saturated carbocycles. The Morgan fingerprint density at radius 2 is 1.94 bits per heavy atom. The molecule has 1 aromatic carbocycles. The zero-order valence-corrected chi connectivity index (χ0v) is 10.2. The minimum Gasteiger partial charge on any atom is -0.497 e. The zero-order chi connectivity index (χ0) is 12.8. The third-order valence-corrected chi connectivity index (χ3v) is 2.59. The maximum absolute atomic E-state index is 11.4. The Morgan fingerprint density at radius 1 is 1.35 bits per heavy atom. The van der Waals surface area contributed by atoms with Crippen molar-refractivity contribution in [2.75, 3.05) is 32.8 Å². The van der Waals surface area contributed by atoms with Crippen molar-refractivity contribution in [3.8, 4) is 5.75 Å². The van der Waals surface area contributed by atoms with Gasteiger partial charge in [0.2, 0.25) is 0 Å². The fourth-order valence-electron chi connectivity index (χ4n) is 1.49. The minimum atomic E-state index is -0.701. The lowest BCUT2D eigenvalue weighted by atomic mass is 10.2. The molecule has 1 unspecified atom stereocenters. The van der Waals surface area contributed by atoms with Crippen molar-refractivity contribution in [2.45, 2.75) is 6.04 Å². The number of likely N-dealkylation sites (N-methyl/N-ethyl adjacent to an activating group) is 1. The van der Waals surface area contributed by atoms with E-state index in [1.165, 1.54) is 7.11 Å². The molecule has 1 N–H and O–H groups in total. The number of anilines is 1. The summed E-state index contributed by atoms with van der Waals surface area (Å²) < 4.78 is 9.67. The Labute approximate surface area is 101 Å². The summed E-state index contributed by atoms with van der Waals surface area (Å²) in [6.45, 7) is -0.296. The third-order valence-electron chi connectivity index (χ3n) is 2.59. The molecule has 0 amide bonds. The SMILES string of the molecule is COC(=O)C(CO)N(C)c1ccc(OC)cc1. The molecule has 0 aliphatic carbocycles. The van der Waals surface area contributed by atoms with Crippen LogP contribution < -0.4 is 9.64 Å². The number of methoxy groups -OCH3 is 2. The van der Waals surface area contributed by atoms with Crippen LogP contribution in [0.1, 0.15) is 0 Å². The molecular formula is C12H17NO4. The monoisotopic (exact) mass is 239 g/mol. The number of hydrogen-bond acceptors (Lipinski definition) is 5. The van der Waals surface area contributed by atoms with Gasteiger partial charge in [0.1, 0.15) is 5.75 Å². The summed E-state index contributed by atoms with van der Waals surface area (Å²) in [6, 6.07) is 6.50. The average molecular weight is 239 g/mol. The van der Waals surface area contributed by atoms with Crippen molar-refractivity contribution < 1.29 is 19.4 Å². The van der Waals surface area contributed by atoms with E-state index >= 15 is 0 Å². The largest absolute Gasteiger partial charge is 0.497 e. The maximum Gasteiger partial charge on any atom is 0.330 e. The average Bonchev–Trinajstić information content (AvgIpc) is 2.39. The Balaban J connectivity index is 2.85. The highest BCUT2D eigenvalue weighted by molar-refractivity contribution is 5.80. The van der Waals surface area contributed by atoms with Crippen LogP contribution in [0.2, 0.25) is 0 Å². The first-order valence-corrected chi connectivity index (χ1v) is 5.19. The number of benzene rings is 1. The standard InChI is InChI=1S/C12H17NO4/c1-13(11(8-14)12(15)17-3)9-4-6-10(16-2)7-5-9/h4-7,11,14H,8H2,1-3H3. The molecule has 1 aromatic rings. The number of rotatable bonds is 5. The van der Waals surface area contributed by atoms with Crippen LogP contribution in [0.3, 0.4) is 0 Å². The van der Waals surface area contributed by atoms with Crippen LogP contribution in [0, 0.1) is 0 Å². The topological polar surface area (TPSA) is 59.0 Å². The van der Waals surface area contributed by atoms with E-state index in [9.17, 15) is 9.90 Å². The van der Waals surface area contributed by atoms with Gasteiger partial charge in [0.05, 0.1) is 20.8 Å². The molecular weight excluding hydrogens is 222 g/mol. The highest BCUT2D eigenvalue weighted by Crippen LogP contribution is 2.20. The van der Waals surface area contributed by atoms with Gasteiger partial charge in [-0.05, 0) is 24.3 Å². The van der Waals surface area contributed by atoms with Gasteiger partial charge in [-0.15, -0.1) is 0 Å². The number of nitrogens with zero attached hydrogens (tertiary/aromatic N) is 1. The molecule has 0 aliphatic heterocycles. The van der Waals surface area contributed by atoms with Crippen LogP contribution in [-0.4, -0.2) is 45.0 Å². The van der Waals surface area contributed by atoms with Gasteiger partial charge in [-0.2, -0.15) is 0 Å². The summed E-state index contributed by atoms with van der Waals surface area (Å²) in [4.78, 5) is 13.1. The predicted molar refractivity (Wildman–Crippen MR) is 64.3 cm³/mol. The lowest BCUT2D eigenvalue weighted by Crippen LogP contribution is -2.42. The fourth-order valence-corrected chi connectivity index (χ4v) is 1.49. The van der Waals surface area contributed by atoms with Gasteiger partial charge in [0.15, 0.2) is 6.04 Å². The second kappa shape index (κ2) is 6.10. The quantitative estimate of drug-likeness (QED) is 0.765. The number of aliphatic hydroxyl groups excluding tert-OH is 1. The van der Waals surface area contributed by atoms with E-state index in [2.05, 4.69) is 4.74 Å². The second-order valence-corrected chi connectivity index (χ2v) is 3.53. The number of esters is 1. The van der Waals surface area contributed by atoms with Crippen LogP contribution in [0.15, 0.2) is 24.3 Å². The molecule has 0 heterocycles. The van der Waals surface area contributed by atoms with Crippen molar-refractivity contribution in [1.82, 2.24) is 0 Å². The van der Waals surface area contributed by atoms with Gasteiger partial charge in [0, 0.05) is 12.7 Å². The van der Waals surface area contributed by atoms with Gasteiger partial charge < -0.3 is 19.5 Å². The molecule has 5 heteroatoms. The summed E-state index contributed by atoms with van der Waals surface area (Å²) in [5, 5.41) is 9.19. The van der Waals surface area contributed by atoms with Crippen molar-refractivity contribution in [1.29, 1.82) is 0 Å². The molecule has 94 valence electrons. The van der Waals surface area contributed by atoms with Gasteiger partial charge in [-0.1, -0.05) is 0 Å². The lowest BCUT2D eigenvalue weighted by molar-refractivity contribution is -0.143. The van der Waals surface area contributed by atoms with Crippen molar-refractivity contribution in [3.05, 3.63) is 24.3 Å². The summed E-state index contributed by atoms with van der Waals surface area (Å²) in [5.41, 5.74) is 0.801. The normalized spacial score (nSPS) is 11.8. The second-order valence-electron chi connectivity index (χ2n) is 3.53. The summed E-state index contributed by atoms with van der Waals surface area (Å²) in [7, 11) is 4.61. The van der Waals surface area contributed by atoms with E-state index in [-0.39, 0.29) is 6.61 Å². The zero-order valence-electron chi connectivity index (χ0n) is 10.2. The molecule has 0 fully saturated rings. The van der Waals surface area contributed by atoms with Gasteiger partial charge >= 0.3 is 5.97 Å².